The Morgan fingerprint density at radius 2 is 1.67 bits per heavy atom. The van der Waals surface area contributed by atoms with Gasteiger partial charge in [0.25, 0.3) is 0 Å². The Labute approximate surface area is 161 Å². The maximum absolute atomic E-state index is 5.61. The summed E-state index contributed by atoms with van der Waals surface area (Å²) in [4.78, 5) is 19.6. The average molecular weight is 368 g/mol. The number of rotatable bonds is 9. The van der Waals surface area contributed by atoms with E-state index in [1.165, 1.54) is 7.11 Å². The molecule has 0 fully saturated rings. The van der Waals surface area contributed by atoms with Crippen molar-refractivity contribution < 1.29 is 9.68 Å². The monoisotopic (exact) mass is 368 g/mol. The third kappa shape index (κ3) is 6.47. The number of hydrogen-bond acceptors (Lipinski definition) is 6. The van der Waals surface area contributed by atoms with Gasteiger partial charge in [-0.25, -0.2) is 0 Å². The van der Waals surface area contributed by atoms with Crippen LogP contribution in [-0.4, -0.2) is 35.1 Å². The first-order valence-corrected chi connectivity index (χ1v) is 9.18. The van der Waals surface area contributed by atoms with Crippen LogP contribution in [0.15, 0.2) is 46.7 Å². The molecule has 27 heavy (non-hydrogen) atoms. The summed E-state index contributed by atoms with van der Waals surface area (Å²) in [6.45, 7) is 8.44. The summed E-state index contributed by atoms with van der Waals surface area (Å²) in [5.74, 6) is 0.328. The number of aryl methyl sites for hydroxylation is 1. The minimum Gasteiger partial charge on any atom is -0.399 e. The largest absolute Gasteiger partial charge is 0.399 e. The minimum absolute atomic E-state index is 0.328. The molecule has 144 valence electrons. The van der Waals surface area contributed by atoms with Crippen LogP contribution >= 0.6 is 0 Å². The standard InChI is InChI=1S/C21H28N4O2/c1-6-18(13-19-10-8-12-21(23-19)16(3)24-26-5)14-27-25-17(4)20-11-7-9-15(2)22-20/h7-12,18H,6,13-14H2,1-5H3/b24-16+,25-17+. The van der Waals surface area contributed by atoms with Gasteiger partial charge in [-0.05, 0) is 57.9 Å². The summed E-state index contributed by atoms with van der Waals surface area (Å²) >= 11 is 0. The summed E-state index contributed by atoms with van der Waals surface area (Å²) in [5, 5.41) is 8.18. The highest BCUT2D eigenvalue weighted by molar-refractivity contribution is 5.96. The van der Waals surface area contributed by atoms with E-state index in [0.717, 1.165) is 47.0 Å². The lowest BCUT2D eigenvalue weighted by Crippen LogP contribution is -2.13. The predicted octanol–water partition coefficient (Wildman–Crippen LogP) is 4.16. The molecule has 0 saturated heterocycles. The van der Waals surface area contributed by atoms with Crippen LogP contribution in [0.3, 0.4) is 0 Å². The third-order valence-corrected chi connectivity index (χ3v) is 4.25. The van der Waals surface area contributed by atoms with Gasteiger partial charge in [0.1, 0.15) is 25.1 Å². The van der Waals surface area contributed by atoms with Crippen LogP contribution in [0, 0.1) is 12.8 Å². The Kier molecular flexibility index (Phi) is 7.92. The Bertz CT molecular complexity index is 802. The van der Waals surface area contributed by atoms with Crippen molar-refractivity contribution in [3.05, 3.63) is 59.2 Å². The van der Waals surface area contributed by atoms with Crippen molar-refractivity contribution in [2.24, 2.45) is 16.2 Å². The Morgan fingerprint density at radius 1 is 1.00 bits per heavy atom. The van der Waals surface area contributed by atoms with Crippen LogP contribution in [0.2, 0.25) is 0 Å². The highest BCUT2D eigenvalue weighted by Crippen LogP contribution is 2.13. The fourth-order valence-electron chi connectivity index (χ4n) is 2.63. The van der Waals surface area contributed by atoms with Crippen molar-refractivity contribution in [1.82, 2.24) is 9.97 Å². The maximum Gasteiger partial charge on any atom is 0.120 e. The van der Waals surface area contributed by atoms with E-state index in [0.29, 0.717) is 12.5 Å². The first-order chi connectivity index (χ1) is 13.0. The predicted molar refractivity (Wildman–Crippen MR) is 108 cm³/mol. The first kappa shape index (κ1) is 20.6. The molecule has 6 nitrogen and oxygen atoms in total. The molecule has 0 aromatic carbocycles. The zero-order valence-electron chi connectivity index (χ0n) is 16.8. The summed E-state index contributed by atoms with van der Waals surface area (Å²) < 4.78 is 0. The molecule has 2 aromatic rings. The third-order valence-electron chi connectivity index (χ3n) is 4.25. The molecule has 0 amide bonds. The van der Waals surface area contributed by atoms with Crippen molar-refractivity contribution in [1.29, 1.82) is 0 Å². The minimum atomic E-state index is 0.328. The molecule has 2 heterocycles. The van der Waals surface area contributed by atoms with Crippen molar-refractivity contribution in [2.45, 2.75) is 40.5 Å². The van der Waals surface area contributed by atoms with E-state index in [4.69, 9.17) is 9.68 Å². The summed E-state index contributed by atoms with van der Waals surface area (Å²) in [6.07, 6.45) is 1.80. The number of oxime groups is 2. The van der Waals surface area contributed by atoms with Crippen molar-refractivity contribution >= 4 is 11.4 Å². The molecule has 0 bridgehead atoms. The summed E-state index contributed by atoms with van der Waals surface area (Å²) in [5.41, 5.74) is 5.17. The molecule has 0 aliphatic rings. The zero-order chi connectivity index (χ0) is 19.6. The van der Waals surface area contributed by atoms with Gasteiger partial charge < -0.3 is 9.68 Å². The molecule has 1 atom stereocenters. The van der Waals surface area contributed by atoms with Crippen molar-refractivity contribution in [3.63, 3.8) is 0 Å². The van der Waals surface area contributed by atoms with E-state index in [1.807, 2.05) is 57.2 Å². The normalized spacial score (nSPS) is 13.4. The molecule has 0 saturated carbocycles. The van der Waals surface area contributed by atoms with E-state index in [2.05, 4.69) is 27.2 Å². The molecule has 2 aromatic heterocycles. The van der Waals surface area contributed by atoms with Crippen LogP contribution in [0.5, 0.6) is 0 Å². The smallest absolute Gasteiger partial charge is 0.120 e. The van der Waals surface area contributed by atoms with E-state index in [9.17, 15) is 0 Å². The highest BCUT2D eigenvalue weighted by atomic mass is 16.6. The van der Waals surface area contributed by atoms with Crippen LogP contribution in [0.1, 0.15) is 50.0 Å². The molecular formula is C21H28N4O2. The second-order valence-electron chi connectivity index (χ2n) is 6.49. The summed E-state index contributed by atoms with van der Waals surface area (Å²) in [7, 11) is 1.53. The van der Waals surface area contributed by atoms with E-state index >= 15 is 0 Å². The molecule has 2 rings (SSSR count). The van der Waals surface area contributed by atoms with Gasteiger partial charge in [0.15, 0.2) is 0 Å². The van der Waals surface area contributed by atoms with Gasteiger partial charge in [0, 0.05) is 17.3 Å². The van der Waals surface area contributed by atoms with E-state index in [-0.39, 0.29) is 0 Å². The maximum atomic E-state index is 5.61. The van der Waals surface area contributed by atoms with Gasteiger partial charge in [0.2, 0.25) is 0 Å². The quantitative estimate of drug-likeness (QED) is 0.492. The van der Waals surface area contributed by atoms with Crippen molar-refractivity contribution in [2.75, 3.05) is 13.7 Å². The number of pyridine rings is 2. The Hall–Kier alpha value is -2.76. The lowest BCUT2D eigenvalue weighted by atomic mass is 10.0. The molecule has 0 radical (unpaired) electrons. The van der Waals surface area contributed by atoms with E-state index < -0.39 is 0 Å². The van der Waals surface area contributed by atoms with Crippen LogP contribution in [-0.2, 0) is 16.1 Å². The van der Waals surface area contributed by atoms with Gasteiger partial charge in [-0.3, -0.25) is 9.97 Å². The SMILES string of the molecule is CCC(CO/N=C(\C)c1cccc(C)n1)Cc1cccc(/C(C)=N/OC)n1. The van der Waals surface area contributed by atoms with Crippen LogP contribution in [0.25, 0.3) is 0 Å². The van der Waals surface area contributed by atoms with Crippen molar-refractivity contribution in [3.8, 4) is 0 Å². The molecule has 0 spiro atoms. The first-order valence-electron chi connectivity index (χ1n) is 9.18. The average Bonchev–Trinajstić information content (AvgIpc) is 2.67. The van der Waals surface area contributed by atoms with Gasteiger partial charge in [0.05, 0.1) is 11.4 Å². The molecule has 1 unspecified atom stereocenters. The summed E-state index contributed by atoms with van der Waals surface area (Å²) in [6, 6.07) is 11.8. The Morgan fingerprint density at radius 3 is 2.33 bits per heavy atom. The number of nitrogens with zero attached hydrogens (tertiary/aromatic N) is 4. The second-order valence-corrected chi connectivity index (χ2v) is 6.49. The Balaban J connectivity index is 1.97. The number of aromatic nitrogens is 2. The van der Waals surface area contributed by atoms with Crippen LogP contribution in [0.4, 0.5) is 0 Å². The fraction of sp³-hybridized carbons (Fsp3) is 0.429. The molecule has 6 heteroatoms. The van der Waals surface area contributed by atoms with E-state index in [1.54, 1.807) is 0 Å². The molecule has 0 N–H and O–H groups in total. The van der Waals surface area contributed by atoms with Gasteiger partial charge in [-0.15, -0.1) is 0 Å². The fourth-order valence-corrected chi connectivity index (χ4v) is 2.63. The van der Waals surface area contributed by atoms with Gasteiger partial charge in [-0.2, -0.15) is 0 Å². The topological polar surface area (TPSA) is 69.0 Å². The lowest BCUT2D eigenvalue weighted by molar-refractivity contribution is 0.105. The van der Waals surface area contributed by atoms with Crippen LogP contribution < -0.4 is 0 Å². The number of hydrogen-bond donors (Lipinski definition) is 0. The zero-order valence-corrected chi connectivity index (χ0v) is 16.8. The van der Waals surface area contributed by atoms with Gasteiger partial charge >= 0.3 is 0 Å². The lowest BCUT2D eigenvalue weighted by Gasteiger charge is -2.14. The highest BCUT2D eigenvalue weighted by Gasteiger charge is 2.11. The second kappa shape index (κ2) is 10.4. The molecule has 0 aliphatic heterocycles. The molecular weight excluding hydrogens is 340 g/mol. The van der Waals surface area contributed by atoms with Gasteiger partial charge in [-0.1, -0.05) is 29.4 Å². The molecule has 0 aliphatic carbocycles.